The third-order valence-corrected chi connectivity index (χ3v) is 3.16. The summed E-state index contributed by atoms with van der Waals surface area (Å²) in [5, 5.41) is 17.0. The minimum atomic E-state index is -0.965. The second-order valence-electron chi connectivity index (χ2n) is 4.93. The Morgan fingerprint density at radius 1 is 1.35 bits per heavy atom. The number of pyridine rings is 1. The number of carbonyl (C=O) groups excluding carboxylic acids is 2. The van der Waals surface area contributed by atoms with Crippen molar-refractivity contribution in [3.8, 4) is 5.75 Å². The third kappa shape index (κ3) is 5.09. The van der Waals surface area contributed by atoms with Gasteiger partial charge in [-0.2, -0.15) is 5.10 Å². The van der Waals surface area contributed by atoms with Gasteiger partial charge in [0.05, 0.1) is 18.2 Å². The van der Waals surface area contributed by atoms with Crippen molar-refractivity contribution in [1.29, 1.82) is 0 Å². The number of nitro benzene ring substituents is 1. The van der Waals surface area contributed by atoms with Crippen LogP contribution in [0.5, 0.6) is 5.75 Å². The fraction of sp³-hybridized carbons (Fsp3) is 0.125. The molecule has 0 fully saturated rings. The van der Waals surface area contributed by atoms with Crippen molar-refractivity contribution in [3.63, 3.8) is 0 Å². The lowest BCUT2D eigenvalue weighted by atomic mass is 10.2. The number of nitro groups is 1. The molecule has 2 amide bonds. The quantitative estimate of drug-likeness (QED) is 0.339. The Labute approximate surface area is 148 Å². The van der Waals surface area contributed by atoms with E-state index in [1.54, 1.807) is 24.5 Å². The lowest BCUT2D eigenvalue weighted by Gasteiger charge is -2.04. The third-order valence-electron chi connectivity index (χ3n) is 3.16. The summed E-state index contributed by atoms with van der Waals surface area (Å²) in [6, 6.07) is 7.61. The summed E-state index contributed by atoms with van der Waals surface area (Å²) in [7, 11) is 1.32. The normalized spacial score (nSPS) is 10.3. The number of aromatic nitrogens is 1. The largest absolute Gasteiger partial charge is 0.490 e. The number of methoxy groups -OCH3 is 1. The highest BCUT2D eigenvalue weighted by Gasteiger charge is 2.15. The SMILES string of the molecule is COc1ccc(C=NNC(=O)C(=O)NCc2cccnc2)cc1[N+](=O)[O-]. The minimum absolute atomic E-state index is 0.103. The van der Waals surface area contributed by atoms with Crippen LogP contribution in [0.4, 0.5) is 5.69 Å². The number of hydrazone groups is 1. The molecular formula is C16H15N5O5. The van der Waals surface area contributed by atoms with Gasteiger partial charge < -0.3 is 10.1 Å². The molecule has 1 aromatic carbocycles. The molecule has 0 aliphatic carbocycles. The average Bonchev–Trinajstić information content (AvgIpc) is 2.66. The lowest BCUT2D eigenvalue weighted by molar-refractivity contribution is -0.385. The molecule has 10 nitrogen and oxygen atoms in total. The molecule has 2 N–H and O–H groups in total. The number of rotatable bonds is 6. The van der Waals surface area contributed by atoms with Crippen LogP contribution >= 0.6 is 0 Å². The van der Waals surface area contributed by atoms with Crippen LogP contribution in [-0.4, -0.2) is 35.0 Å². The summed E-state index contributed by atoms with van der Waals surface area (Å²) < 4.78 is 4.89. The van der Waals surface area contributed by atoms with Crippen LogP contribution in [0.2, 0.25) is 0 Å². The molecule has 10 heteroatoms. The molecule has 26 heavy (non-hydrogen) atoms. The van der Waals surface area contributed by atoms with Crippen LogP contribution in [0.3, 0.4) is 0 Å². The fourth-order valence-corrected chi connectivity index (χ4v) is 1.91. The Kier molecular flexibility index (Phi) is 6.32. The van der Waals surface area contributed by atoms with Gasteiger partial charge in [-0.05, 0) is 23.8 Å². The minimum Gasteiger partial charge on any atom is -0.490 e. The van der Waals surface area contributed by atoms with Gasteiger partial charge in [-0.25, -0.2) is 5.43 Å². The smallest absolute Gasteiger partial charge is 0.329 e. The summed E-state index contributed by atoms with van der Waals surface area (Å²) in [4.78, 5) is 37.6. The molecule has 0 atom stereocenters. The van der Waals surface area contributed by atoms with E-state index in [-0.39, 0.29) is 18.0 Å². The van der Waals surface area contributed by atoms with Gasteiger partial charge in [0, 0.05) is 30.6 Å². The monoisotopic (exact) mass is 357 g/mol. The van der Waals surface area contributed by atoms with Crippen molar-refractivity contribution >= 4 is 23.7 Å². The number of carbonyl (C=O) groups is 2. The van der Waals surface area contributed by atoms with Gasteiger partial charge >= 0.3 is 17.5 Å². The second kappa shape index (κ2) is 8.87. The summed E-state index contributed by atoms with van der Waals surface area (Å²) in [5.74, 6) is -1.73. The van der Waals surface area contributed by atoms with Crippen molar-refractivity contribution in [2.75, 3.05) is 7.11 Å². The van der Waals surface area contributed by atoms with Crippen LogP contribution in [0.25, 0.3) is 0 Å². The molecule has 1 heterocycles. The van der Waals surface area contributed by atoms with Gasteiger partial charge in [0.25, 0.3) is 0 Å². The molecule has 0 aliphatic rings. The maximum absolute atomic E-state index is 11.7. The van der Waals surface area contributed by atoms with Crippen molar-refractivity contribution in [2.24, 2.45) is 5.10 Å². The first-order valence-corrected chi connectivity index (χ1v) is 7.34. The Balaban J connectivity index is 1.91. The molecule has 2 aromatic rings. The predicted molar refractivity (Wildman–Crippen MR) is 91.5 cm³/mol. The van der Waals surface area contributed by atoms with Gasteiger partial charge in [-0.1, -0.05) is 6.07 Å². The molecule has 0 unspecified atom stereocenters. The summed E-state index contributed by atoms with van der Waals surface area (Å²) >= 11 is 0. The maximum atomic E-state index is 11.7. The van der Waals surface area contributed by atoms with E-state index in [2.05, 4.69) is 15.4 Å². The Bertz CT molecular complexity index is 838. The molecule has 0 spiro atoms. The molecule has 0 aliphatic heterocycles. The highest BCUT2D eigenvalue weighted by Crippen LogP contribution is 2.26. The van der Waals surface area contributed by atoms with Crippen molar-refractivity contribution in [2.45, 2.75) is 6.54 Å². The topological polar surface area (TPSA) is 136 Å². The number of hydrogen-bond donors (Lipinski definition) is 2. The standard InChI is InChI=1S/C16H15N5O5/c1-26-14-5-4-11(7-13(14)21(24)25)10-19-20-16(23)15(22)18-9-12-3-2-6-17-8-12/h2-8,10H,9H2,1H3,(H,18,22)(H,20,23). The Morgan fingerprint density at radius 3 is 2.81 bits per heavy atom. The van der Waals surface area contributed by atoms with E-state index in [1.165, 1.54) is 31.5 Å². The highest BCUT2D eigenvalue weighted by molar-refractivity contribution is 6.35. The van der Waals surface area contributed by atoms with Crippen LogP contribution in [0, 0.1) is 10.1 Å². The fourth-order valence-electron chi connectivity index (χ4n) is 1.91. The molecule has 0 bridgehead atoms. The summed E-state index contributed by atoms with van der Waals surface area (Å²) in [5.41, 5.74) is 2.90. The molecule has 134 valence electrons. The lowest BCUT2D eigenvalue weighted by Crippen LogP contribution is -2.37. The Hall–Kier alpha value is -3.82. The van der Waals surface area contributed by atoms with Crippen LogP contribution in [0.1, 0.15) is 11.1 Å². The zero-order valence-electron chi connectivity index (χ0n) is 13.7. The molecule has 0 radical (unpaired) electrons. The first-order valence-electron chi connectivity index (χ1n) is 7.34. The van der Waals surface area contributed by atoms with E-state index < -0.39 is 16.7 Å². The molecular weight excluding hydrogens is 342 g/mol. The zero-order valence-corrected chi connectivity index (χ0v) is 13.7. The van der Waals surface area contributed by atoms with E-state index in [4.69, 9.17) is 4.74 Å². The number of nitrogens with one attached hydrogen (secondary N) is 2. The van der Waals surface area contributed by atoms with E-state index >= 15 is 0 Å². The molecule has 0 saturated carbocycles. The van der Waals surface area contributed by atoms with E-state index in [1.807, 2.05) is 5.43 Å². The highest BCUT2D eigenvalue weighted by atomic mass is 16.6. The molecule has 1 aromatic heterocycles. The maximum Gasteiger partial charge on any atom is 0.329 e. The number of benzene rings is 1. The molecule has 0 saturated heterocycles. The average molecular weight is 357 g/mol. The zero-order chi connectivity index (χ0) is 18.9. The van der Waals surface area contributed by atoms with Gasteiger partial charge in [0.2, 0.25) is 0 Å². The number of ether oxygens (including phenoxy) is 1. The van der Waals surface area contributed by atoms with E-state index in [0.717, 1.165) is 5.56 Å². The first kappa shape index (κ1) is 18.5. The summed E-state index contributed by atoms with van der Waals surface area (Å²) in [6.07, 6.45) is 4.34. The van der Waals surface area contributed by atoms with Crippen LogP contribution in [0.15, 0.2) is 47.8 Å². The molecule has 2 rings (SSSR count). The van der Waals surface area contributed by atoms with Crippen molar-refractivity contribution in [3.05, 3.63) is 64.0 Å². The van der Waals surface area contributed by atoms with E-state index in [9.17, 15) is 19.7 Å². The number of amides is 2. The van der Waals surface area contributed by atoms with E-state index in [0.29, 0.717) is 5.56 Å². The summed E-state index contributed by atoms with van der Waals surface area (Å²) in [6.45, 7) is 0.147. The van der Waals surface area contributed by atoms with Gasteiger partial charge in [0.15, 0.2) is 5.75 Å². The van der Waals surface area contributed by atoms with Crippen molar-refractivity contribution in [1.82, 2.24) is 15.7 Å². The van der Waals surface area contributed by atoms with Crippen LogP contribution < -0.4 is 15.5 Å². The predicted octanol–water partition coefficient (Wildman–Crippen LogP) is 0.765. The number of nitrogens with zero attached hydrogens (tertiary/aromatic N) is 3. The van der Waals surface area contributed by atoms with Gasteiger partial charge in [-0.15, -0.1) is 0 Å². The first-order chi connectivity index (χ1) is 12.5. The second-order valence-corrected chi connectivity index (χ2v) is 4.93. The Morgan fingerprint density at radius 2 is 2.15 bits per heavy atom. The van der Waals surface area contributed by atoms with Crippen LogP contribution in [-0.2, 0) is 16.1 Å². The van der Waals surface area contributed by atoms with Gasteiger partial charge in [-0.3, -0.25) is 24.7 Å². The number of hydrogen-bond acceptors (Lipinski definition) is 7. The van der Waals surface area contributed by atoms with Crippen molar-refractivity contribution < 1.29 is 19.2 Å². The van der Waals surface area contributed by atoms with Gasteiger partial charge in [0.1, 0.15) is 0 Å².